The summed E-state index contributed by atoms with van der Waals surface area (Å²) in [5.41, 5.74) is 4.41. The zero-order valence-electron chi connectivity index (χ0n) is 21.1. The molecule has 6 rings (SSSR count). The lowest BCUT2D eigenvalue weighted by Gasteiger charge is -2.39. The van der Waals surface area contributed by atoms with Crippen LogP contribution in [0.3, 0.4) is 0 Å². The van der Waals surface area contributed by atoms with Gasteiger partial charge in [0.15, 0.2) is 5.82 Å². The van der Waals surface area contributed by atoms with Crippen LogP contribution in [-0.4, -0.2) is 56.3 Å². The lowest BCUT2D eigenvalue weighted by atomic mass is 10.0. The number of halogens is 1. The molecule has 1 aliphatic rings. The van der Waals surface area contributed by atoms with E-state index in [4.69, 9.17) is 0 Å². The monoisotopic (exact) mass is 509 g/mol. The Morgan fingerprint density at radius 2 is 1.71 bits per heavy atom. The number of benzene rings is 3. The minimum absolute atomic E-state index is 0.150. The molecular formula is C29H28FN7O. The van der Waals surface area contributed by atoms with Crippen molar-refractivity contribution < 1.29 is 4.39 Å². The zero-order chi connectivity index (χ0) is 26.1. The lowest BCUT2D eigenvalue weighted by molar-refractivity contribution is 0.200. The fraction of sp³-hybridized carbons (Fsp3) is 0.241. The molecule has 1 fully saturated rings. The molecule has 8 nitrogen and oxygen atoms in total. The molecule has 1 unspecified atom stereocenters. The van der Waals surface area contributed by atoms with Crippen LogP contribution in [0.25, 0.3) is 10.9 Å². The first-order valence-electron chi connectivity index (χ1n) is 12.7. The predicted molar refractivity (Wildman–Crippen MR) is 145 cm³/mol. The van der Waals surface area contributed by atoms with Crippen LogP contribution in [0.5, 0.6) is 0 Å². The van der Waals surface area contributed by atoms with Gasteiger partial charge < -0.3 is 9.88 Å². The number of hydrogen-bond donors (Lipinski definition) is 1. The maximum Gasteiger partial charge on any atom is 0.253 e. The van der Waals surface area contributed by atoms with E-state index in [1.165, 1.54) is 12.1 Å². The Hall–Kier alpha value is -4.37. The van der Waals surface area contributed by atoms with Gasteiger partial charge in [0, 0.05) is 42.9 Å². The van der Waals surface area contributed by atoms with Gasteiger partial charge in [-0.2, -0.15) is 0 Å². The normalized spacial score (nSPS) is 15.2. The maximum atomic E-state index is 13.5. The van der Waals surface area contributed by atoms with E-state index in [1.54, 1.807) is 16.8 Å². The van der Waals surface area contributed by atoms with Gasteiger partial charge in [-0.3, -0.25) is 9.69 Å². The number of aromatic amines is 1. The summed E-state index contributed by atoms with van der Waals surface area (Å²) in [7, 11) is 0. The van der Waals surface area contributed by atoms with E-state index in [0.717, 1.165) is 40.8 Å². The predicted octanol–water partition coefficient (Wildman–Crippen LogP) is 3.92. The molecule has 3 heterocycles. The summed E-state index contributed by atoms with van der Waals surface area (Å²) in [6.45, 7) is 5.34. The number of pyridine rings is 1. The average molecular weight is 510 g/mol. The highest BCUT2D eigenvalue weighted by Crippen LogP contribution is 2.29. The zero-order valence-corrected chi connectivity index (χ0v) is 21.1. The molecule has 38 heavy (non-hydrogen) atoms. The van der Waals surface area contributed by atoms with Crippen molar-refractivity contribution >= 4 is 16.6 Å². The Morgan fingerprint density at radius 3 is 2.47 bits per heavy atom. The highest BCUT2D eigenvalue weighted by molar-refractivity contribution is 5.79. The SMILES string of the molecule is Cc1ccc2cc(C(c3nnnn3Cc3ccccc3)N3CCN(c4ccc(F)cc4)CC3)c(=O)[nH]c2c1. The van der Waals surface area contributed by atoms with Crippen LogP contribution >= 0.6 is 0 Å². The number of tetrazole rings is 1. The van der Waals surface area contributed by atoms with Gasteiger partial charge in [-0.05, 0) is 70.3 Å². The first-order valence-corrected chi connectivity index (χ1v) is 12.7. The number of hydrogen-bond acceptors (Lipinski definition) is 6. The van der Waals surface area contributed by atoms with Crippen molar-refractivity contribution in [2.45, 2.75) is 19.5 Å². The molecule has 9 heteroatoms. The summed E-state index contributed by atoms with van der Waals surface area (Å²) in [6, 6.07) is 24.2. The molecule has 0 saturated carbocycles. The molecule has 0 amide bonds. The van der Waals surface area contributed by atoms with Crippen molar-refractivity contribution in [3.63, 3.8) is 0 Å². The molecule has 3 aromatic carbocycles. The number of fused-ring (bicyclic) bond motifs is 1. The van der Waals surface area contributed by atoms with Crippen molar-refractivity contribution in [1.82, 2.24) is 30.1 Å². The van der Waals surface area contributed by atoms with E-state index < -0.39 is 6.04 Å². The molecule has 5 aromatic rings. The van der Waals surface area contributed by atoms with Crippen LogP contribution in [0.2, 0.25) is 0 Å². The van der Waals surface area contributed by atoms with Gasteiger partial charge in [-0.15, -0.1) is 5.10 Å². The lowest BCUT2D eigenvalue weighted by Crippen LogP contribution is -2.49. The van der Waals surface area contributed by atoms with Crippen molar-refractivity contribution in [2.24, 2.45) is 0 Å². The fourth-order valence-electron chi connectivity index (χ4n) is 5.20. The Labute approximate surface area is 219 Å². The van der Waals surface area contributed by atoms with Gasteiger partial charge >= 0.3 is 0 Å². The molecule has 1 saturated heterocycles. The van der Waals surface area contributed by atoms with E-state index >= 15 is 0 Å². The van der Waals surface area contributed by atoms with E-state index in [0.29, 0.717) is 31.0 Å². The topological polar surface area (TPSA) is 82.9 Å². The molecule has 0 bridgehead atoms. The second kappa shape index (κ2) is 10.2. The number of aryl methyl sites for hydroxylation is 1. The highest BCUT2D eigenvalue weighted by Gasteiger charge is 2.32. The summed E-state index contributed by atoms with van der Waals surface area (Å²) in [4.78, 5) is 21.1. The number of anilines is 1. The number of piperazine rings is 1. The van der Waals surface area contributed by atoms with Gasteiger partial charge in [0.1, 0.15) is 11.9 Å². The standard InChI is InChI=1S/C29H28FN7O/c1-20-7-8-22-18-25(29(38)31-26(22)17-20)27(28-32-33-34-37(28)19-21-5-3-2-4-6-21)36-15-13-35(14-16-36)24-11-9-23(30)10-12-24/h2-12,17-18,27H,13-16,19H2,1H3,(H,31,38). The minimum Gasteiger partial charge on any atom is -0.369 e. The van der Waals surface area contributed by atoms with E-state index in [1.807, 2.05) is 61.5 Å². The second-order valence-corrected chi connectivity index (χ2v) is 9.73. The summed E-state index contributed by atoms with van der Waals surface area (Å²) >= 11 is 0. The molecule has 1 atom stereocenters. The molecule has 0 spiro atoms. The summed E-state index contributed by atoms with van der Waals surface area (Å²) in [5, 5.41) is 13.7. The van der Waals surface area contributed by atoms with Crippen molar-refractivity contribution in [3.05, 3.63) is 118 Å². The van der Waals surface area contributed by atoms with Gasteiger partial charge in [0.05, 0.1) is 6.54 Å². The number of nitrogens with zero attached hydrogens (tertiary/aromatic N) is 6. The molecular weight excluding hydrogens is 481 g/mol. The molecule has 192 valence electrons. The number of aromatic nitrogens is 5. The number of nitrogens with one attached hydrogen (secondary N) is 1. The second-order valence-electron chi connectivity index (χ2n) is 9.73. The van der Waals surface area contributed by atoms with Crippen LogP contribution in [0, 0.1) is 12.7 Å². The van der Waals surface area contributed by atoms with Crippen LogP contribution in [0.15, 0.2) is 83.7 Å². The molecule has 2 aromatic heterocycles. The summed E-state index contributed by atoms with van der Waals surface area (Å²) < 4.78 is 15.2. The smallest absolute Gasteiger partial charge is 0.253 e. The Kier molecular flexibility index (Phi) is 6.43. The third-order valence-electron chi connectivity index (χ3n) is 7.18. The maximum absolute atomic E-state index is 13.5. The van der Waals surface area contributed by atoms with Crippen LogP contribution in [-0.2, 0) is 6.54 Å². The quantitative estimate of drug-likeness (QED) is 0.374. The fourth-order valence-corrected chi connectivity index (χ4v) is 5.20. The summed E-state index contributed by atoms with van der Waals surface area (Å²) in [6.07, 6.45) is 0. The molecule has 1 N–H and O–H groups in total. The van der Waals surface area contributed by atoms with E-state index in [9.17, 15) is 9.18 Å². The van der Waals surface area contributed by atoms with Gasteiger partial charge in [0.2, 0.25) is 0 Å². The Morgan fingerprint density at radius 1 is 0.947 bits per heavy atom. The van der Waals surface area contributed by atoms with Crippen LogP contribution in [0.4, 0.5) is 10.1 Å². The van der Waals surface area contributed by atoms with Crippen molar-refractivity contribution in [3.8, 4) is 0 Å². The molecule has 0 radical (unpaired) electrons. The highest BCUT2D eigenvalue weighted by atomic mass is 19.1. The number of rotatable bonds is 6. The van der Waals surface area contributed by atoms with Crippen LogP contribution in [0.1, 0.15) is 28.6 Å². The largest absolute Gasteiger partial charge is 0.369 e. The molecule has 0 aliphatic carbocycles. The van der Waals surface area contributed by atoms with Crippen molar-refractivity contribution in [2.75, 3.05) is 31.1 Å². The minimum atomic E-state index is -0.432. The van der Waals surface area contributed by atoms with Gasteiger partial charge in [-0.1, -0.05) is 42.5 Å². The Balaban J connectivity index is 1.38. The first-order chi connectivity index (χ1) is 18.5. The first kappa shape index (κ1) is 24.0. The number of H-pyrrole nitrogens is 1. The van der Waals surface area contributed by atoms with Gasteiger partial charge in [0.25, 0.3) is 5.56 Å². The van der Waals surface area contributed by atoms with E-state index in [-0.39, 0.29) is 11.4 Å². The molecule has 1 aliphatic heterocycles. The summed E-state index contributed by atoms with van der Waals surface area (Å²) in [5.74, 6) is 0.379. The van der Waals surface area contributed by atoms with E-state index in [2.05, 4.69) is 30.3 Å². The van der Waals surface area contributed by atoms with Crippen LogP contribution < -0.4 is 10.5 Å². The van der Waals surface area contributed by atoms with Crippen molar-refractivity contribution in [1.29, 1.82) is 0 Å². The van der Waals surface area contributed by atoms with Gasteiger partial charge in [-0.25, -0.2) is 9.07 Å². The average Bonchev–Trinajstić information content (AvgIpc) is 3.38. The third kappa shape index (κ3) is 4.80. The Bertz CT molecular complexity index is 1610. The third-order valence-corrected chi connectivity index (χ3v) is 7.18.